The number of benzene rings is 1. The minimum absolute atomic E-state index is 0.356. The summed E-state index contributed by atoms with van der Waals surface area (Å²) in [5.41, 5.74) is 2.97. The highest BCUT2D eigenvalue weighted by Crippen LogP contribution is 2.35. The van der Waals surface area contributed by atoms with Gasteiger partial charge in [0.15, 0.2) is 5.54 Å². The second-order valence-corrected chi connectivity index (χ2v) is 6.89. The number of thioether (sulfide) groups is 1. The fourth-order valence-electron chi connectivity index (χ4n) is 3.01. The fraction of sp³-hybridized carbons (Fsp3) is 0.588. The van der Waals surface area contributed by atoms with Gasteiger partial charge in [0.05, 0.1) is 11.3 Å². The first-order valence-electron chi connectivity index (χ1n) is 7.55. The minimum atomic E-state index is 0.356. The molecule has 0 fully saturated rings. The first kappa shape index (κ1) is 15.4. The van der Waals surface area contributed by atoms with Crippen molar-refractivity contribution in [2.45, 2.75) is 38.6 Å². The van der Waals surface area contributed by atoms with Crippen molar-refractivity contribution in [3.63, 3.8) is 0 Å². The van der Waals surface area contributed by atoms with Gasteiger partial charge in [-0.15, -0.1) is 0 Å². The summed E-state index contributed by atoms with van der Waals surface area (Å²) in [4.78, 5) is 2.15. The highest BCUT2D eigenvalue weighted by atomic mass is 32.2. The molecule has 0 aliphatic carbocycles. The predicted octanol–water partition coefficient (Wildman–Crippen LogP) is 3.84. The topological polar surface area (TPSA) is 6.25 Å². The van der Waals surface area contributed by atoms with E-state index >= 15 is 0 Å². The van der Waals surface area contributed by atoms with E-state index in [1.807, 2.05) is 11.8 Å². The van der Waals surface area contributed by atoms with Crippen LogP contribution in [0.5, 0.6) is 0 Å². The van der Waals surface area contributed by atoms with Crippen molar-refractivity contribution in [1.29, 1.82) is 0 Å². The van der Waals surface area contributed by atoms with Crippen LogP contribution in [0, 0.1) is 0 Å². The Hall–Kier alpha value is -0.960. The molecule has 1 aromatic carbocycles. The maximum atomic E-state index is 2.53. The zero-order valence-corrected chi connectivity index (χ0v) is 14.3. The van der Waals surface area contributed by atoms with Gasteiger partial charge in [0.2, 0.25) is 5.04 Å². The predicted molar refractivity (Wildman–Crippen MR) is 91.5 cm³/mol. The molecule has 0 spiro atoms. The van der Waals surface area contributed by atoms with Gasteiger partial charge in [0.25, 0.3) is 0 Å². The molecule has 2 nitrogen and oxygen atoms in total. The smallest absolute Gasteiger partial charge is 0.242 e. The standard InChI is InChI=1S/C17H27N2S/c1-6-12-17(7-2)13-20-16(19(17)5)14-8-10-15(11-9-14)18(3)4/h8-11H,6-7,12-13H2,1-5H3/q+1. The molecule has 1 unspecified atom stereocenters. The molecule has 0 radical (unpaired) electrons. The lowest BCUT2D eigenvalue weighted by Crippen LogP contribution is -2.39. The number of anilines is 1. The second kappa shape index (κ2) is 6.21. The summed E-state index contributed by atoms with van der Waals surface area (Å²) >= 11 is 2.02. The third-order valence-electron chi connectivity index (χ3n) is 4.50. The van der Waals surface area contributed by atoms with Crippen LogP contribution in [0.4, 0.5) is 5.69 Å². The molecule has 110 valence electrons. The summed E-state index contributed by atoms with van der Waals surface area (Å²) in [5, 5.41) is 1.44. The van der Waals surface area contributed by atoms with E-state index in [2.05, 4.69) is 68.7 Å². The zero-order chi connectivity index (χ0) is 14.8. The molecule has 0 aromatic heterocycles. The average molecular weight is 291 g/mol. The second-order valence-electron chi connectivity index (χ2n) is 5.92. The van der Waals surface area contributed by atoms with E-state index in [4.69, 9.17) is 0 Å². The Morgan fingerprint density at radius 1 is 1.20 bits per heavy atom. The molecule has 2 rings (SSSR count). The molecule has 0 saturated heterocycles. The van der Waals surface area contributed by atoms with Crippen molar-refractivity contribution in [2.75, 3.05) is 31.8 Å². The van der Waals surface area contributed by atoms with Crippen molar-refractivity contribution >= 4 is 22.5 Å². The van der Waals surface area contributed by atoms with E-state index in [9.17, 15) is 0 Å². The molecular formula is C17H27N2S+. The van der Waals surface area contributed by atoms with Crippen molar-refractivity contribution < 1.29 is 4.58 Å². The van der Waals surface area contributed by atoms with Crippen LogP contribution in [0.1, 0.15) is 38.7 Å². The maximum absolute atomic E-state index is 2.53. The van der Waals surface area contributed by atoms with Crippen LogP contribution in [0.15, 0.2) is 24.3 Å². The van der Waals surface area contributed by atoms with Crippen LogP contribution in [-0.2, 0) is 0 Å². The Kier molecular flexibility index (Phi) is 4.79. The summed E-state index contributed by atoms with van der Waals surface area (Å²) in [7, 11) is 6.44. The lowest BCUT2D eigenvalue weighted by Gasteiger charge is -2.22. The molecule has 3 heteroatoms. The summed E-state index contributed by atoms with van der Waals surface area (Å²) in [6.07, 6.45) is 3.77. The third-order valence-corrected chi connectivity index (χ3v) is 5.96. The Morgan fingerprint density at radius 2 is 1.85 bits per heavy atom. The van der Waals surface area contributed by atoms with E-state index in [1.165, 1.54) is 41.3 Å². The minimum Gasteiger partial charge on any atom is -0.378 e. The van der Waals surface area contributed by atoms with Gasteiger partial charge in [0.1, 0.15) is 7.05 Å². The van der Waals surface area contributed by atoms with Crippen LogP contribution in [-0.4, -0.2) is 42.1 Å². The summed E-state index contributed by atoms with van der Waals surface area (Å²) in [6.45, 7) is 4.62. The largest absolute Gasteiger partial charge is 0.378 e. The van der Waals surface area contributed by atoms with E-state index in [0.717, 1.165) is 0 Å². The molecule has 0 bridgehead atoms. The van der Waals surface area contributed by atoms with Gasteiger partial charge in [-0.25, -0.2) is 4.58 Å². The van der Waals surface area contributed by atoms with Gasteiger partial charge >= 0.3 is 0 Å². The number of nitrogens with zero attached hydrogens (tertiary/aromatic N) is 2. The molecule has 20 heavy (non-hydrogen) atoms. The Balaban J connectivity index is 2.32. The molecule has 0 N–H and O–H groups in total. The first-order valence-corrected chi connectivity index (χ1v) is 8.54. The van der Waals surface area contributed by atoms with E-state index in [-0.39, 0.29) is 0 Å². The normalized spacial score (nSPS) is 22.4. The van der Waals surface area contributed by atoms with Crippen LogP contribution in [0.3, 0.4) is 0 Å². The highest BCUT2D eigenvalue weighted by Gasteiger charge is 2.44. The summed E-state index contributed by atoms with van der Waals surface area (Å²) in [6, 6.07) is 8.93. The van der Waals surface area contributed by atoms with E-state index in [0.29, 0.717) is 5.54 Å². The van der Waals surface area contributed by atoms with Gasteiger partial charge in [-0.05, 0) is 42.4 Å². The number of hydrogen-bond donors (Lipinski definition) is 0. The molecule has 1 heterocycles. The van der Waals surface area contributed by atoms with Crippen molar-refractivity contribution in [3.05, 3.63) is 29.8 Å². The molecular weight excluding hydrogens is 264 g/mol. The molecule has 1 atom stereocenters. The van der Waals surface area contributed by atoms with Gasteiger partial charge in [-0.1, -0.05) is 13.8 Å². The average Bonchev–Trinajstić information content (AvgIpc) is 2.77. The SMILES string of the molecule is CCCC1(CC)CSC(c2ccc(N(C)C)cc2)=[N+]1C. The summed E-state index contributed by atoms with van der Waals surface area (Å²) < 4.78 is 2.53. The number of hydrogen-bond acceptors (Lipinski definition) is 2. The van der Waals surface area contributed by atoms with Crippen molar-refractivity contribution in [2.24, 2.45) is 0 Å². The van der Waals surface area contributed by atoms with Crippen LogP contribution >= 0.6 is 11.8 Å². The van der Waals surface area contributed by atoms with Gasteiger partial charge in [-0.3, -0.25) is 0 Å². The fourth-order valence-corrected chi connectivity index (χ4v) is 4.65. The summed E-state index contributed by atoms with van der Waals surface area (Å²) in [5.74, 6) is 1.22. The van der Waals surface area contributed by atoms with Crippen molar-refractivity contribution in [1.82, 2.24) is 0 Å². The molecule has 1 aliphatic heterocycles. The van der Waals surface area contributed by atoms with Gasteiger partial charge in [-0.2, -0.15) is 0 Å². The molecule has 0 saturated carbocycles. The Morgan fingerprint density at radius 3 is 2.35 bits per heavy atom. The molecule has 1 aromatic rings. The van der Waals surface area contributed by atoms with Crippen LogP contribution < -0.4 is 4.90 Å². The Labute approximate surface area is 127 Å². The van der Waals surface area contributed by atoms with Crippen LogP contribution in [0.2, 0.25) is 0 Å². The van der Waals surface area contributed by atoms with Gasteiger partial charge in [0, 0.05) is 32.6 Å². The maximum Gasteiger partial charge on any atom is 0.242 e. The zero-order valence-electron chi connectivity index (χ0n) is 13.4. The van der Waals surface area contributed by atoms with E-state index in [1.54, 1.807) is 0 Å². The first-order chi connectivity index (χ1) is 9.54. The Bertz CT molecular complexity index is 490. The van der Waals surface area contributed by atoms with Crippen molar-refractivity contribution in [3.8, 4) is 0 Å². The third kappa shape index (κ3) is 2.73. The molecule has 0 amide bonds. The monoisotopic (exact) mass is 291 g/mol. The van der Waals surface area contributed by atoms with Crippen LogP contribution in [0.25, 0.3) is 0 Å². The van der Waals surface area contributed by atoms with E-state index < -0.39 is 0 Å². The lowest BCUT2D eigenvalue weighted by atomic mass is 9.92. The quantitative estimate of drug-likeness (QED) is 0.760. The number of rotatable bonds is 5. The van der Waals surface area contributed by atoms with Gasteiger partial charge < -0.3 is 4.90 Å². The lowest BCUT2D eigenvalue weighted by molar-refractivity contribution is -0.573. The molecule has 1 aliphatic rings. The highest BCUT2D eigenvalue weighted by molar-refractivity contribution is 8.14.